The van der Waals surface area contributed by atoms with Crippen molar-refractivity contribution in [2.24, 2.45) is 0 Å². The highest BCUT2D eigenvalue weighted by Gasteiger charge is 2.30. The Hall–Kier alpha value is -1.65. The van der Waals surface area contributed by atoms with E-state index in [0.29, 0.717) is 19.6 Å². The van der Waals surface area contributed by atoms with Crippen LogP contribution in [0.2, 0.25) is 0 Å². The fourth-order valence-electron chi connectivity index (χ4n) is 1.88. The van der Waals surface area contributed by atoms with Crippen molar-refractivity contribution in [3.05, 3.63) is 0 Å². The zero-order chi connectivity index (χ0) is 13.5. The lowest BCUT2D eigenvalue weighted by Gasteiger charge is -2.35. The summed E-state index contributed by atoms with van der Waals surface area (Å²) in [7, 11) is 0. The van der Waals surface area contributed by atoms with Crippen molar-refractivity contribution in [1.82, 2.24) is 20.9 Å². The number of urea groups is 1. The van der Waals surface area contributed by atoms with Crippen LogP contribution in [0.25, 0.3) is 0 Å². The Morgan fingerprint density at radius 2 is 2.33 bits per heavy atom. The number of imide groups is 1. The standard InChI is InChI=1S/C11H19N5O2/c1-3-14-11(18)15-10(17)8(2)16-5-4-13-7-9(16)6-12/h8-9,13H,3-5,7H2,1-2H3,(H2,14,15,17,18). The van der Waals surface area contributed by atoms with Crippen LogP contribution in [0.15, 0.2) is 0 Å². The smallest absolute Gasteiger partial charge is 0.321 e. The zero-order valence-electron chi connectivity index (χ0n) is 10.7. The van der Waals surface area contributed by atoms with Crippen LogP contribution < -0.4 is 16.0 Å². The maximum Gasteiger partial charge on any atom is 0.321 e. The Bertz CT molecular complexity index is 352. The molecule has 0 spiro atoms. The first-order valence-electron chi connectivity index (χ1n) is 6.05. The largest absolute Gasteiger partial charge is 0.338 e. The van der Waals surface area contributed by atoms with Crippen molar-refractivity contribution in [2.75, 3.05) is 26.2 Å². The predicted octanol–water partition coefficient (Wildman–Crippen LogP) is -0.982. The van der Waals surface area contributed by atoms with Crippen LogP contribution in [0.4, 0.5) is 4.79 Å². The van der Waals surface area contributed by atoms with Crippen LogP contribution in [0.3, 0.4) is 0 Å². The molecule has 3 N–H and O–H groups in total. The lowest BCUT2D eigenvalue weighted by molar-refractivity contribution is -0.125. The van der Waals surface area contributed by atoms with Gasteiger partial charge in [-0.05, 0) is 13.8 Å². The highest BCUT2D eigenvalue weighted by atomic mass is 16.2. The normalized spacial score (nSPS) is 21.7. The number of carbonyl (C=O) groups is 2. The number of carbonyl (C=O) groups excluding carboxylic acids is 2. The molecule has 18 heavy (non-hydrogen) atoms. The van der Waals surface area contributed by atoms with Crippen LogP contribution in [0.5, 0.6) is 0 Å². The van der Waals surface area contributed by atoms with E-state index in [4.69, 9.17) is 5.26 Å². The molecule has 100 valence electrons. The minimum Gasteiger partial charge on any atom is -0.338 e. The van der Waals surface area contributed by atoms with Crippen LogP contribution in [-0.4, -0.2) is 55.1 Å². The number of amides is 3. The number of nitrogens with one attached hydrogen (secondary N) is 3. The molecule has 0 aliphatic carbocycles. The number of nitriles is 1. The summed E-state index contributed by atoms with van der Waals surface area (Å²) in [6, 6.07) is 0.810. The van der Waals surface area contributed by atoms with E-state index >= 15 is 0 Å². The van der Waals surface area contributed by atoms with Crippen molar-refractivity contribution in [3.8, 4) is 6.07 Å². The molecule has 2 atom stereocenters. The minimum atomic E-state index is -0.502. The number of rotatable bonds is 3. The highest BCUT2D eigenvalue weighted by Crippen LogP contribution is 2.08. The van der Waals surface area contributed by atoms with E-state index in [-0.39, 0.29) is 11.9 Å². The summed E-state index contributed by atoms with van der Waals surface area (Å²) in [4.78, 5) is 24.9. The third-order valence-electron chi connectivity index (χ3n) is 2.88. The molecule has 7 heteroatoms. The average molecular weight is 253 g/mol. The molecule has 2 unspecified atom stereocenters. The fraction of sp³-hybridized carbons (Fsp3) is 0.727. The molecule has 1 fully saturated rings. The zero-order valence-corrected chi connectivity index (χ0v) is 10.7. The average Bonchev–Trinajstić information content (AvgIpc) is 2.38. The third kappa shape index (κ3) is 3.68. The first-order valence-corrected chi connectivity index (χ1v) is 6.05. The molecule has 1 aliphatic heterocycles. The monoisotopic (exact) mass is 253 g/mol. The van der Waals surface area contributed by atoms with E-state index in [2.05, 4.69) is 22.0 Å². The van der Waals surface area contributed by atoms with Gasteiger partial charge in [0.05, 0.1) is 12.1 Å². The van der Waals surface area contributed by atoms with Gasteiger partial charge in [0.25, 0.3) is 0 Å². The summed E-state index contributed by atoms with van der Waals surface area (Å²) in [6.07, 6.45) is 0. The van der Waals surface area contributed by atoms with Gasteiger partial charge in [0.1, 0.15) is 6.04 Å². The Kier molecular flexibility index (Phi) is 5.55. The van der Waals surface area contributed by atoms with Gasteiger partial charge in [0, 0.05) is 26.2 Å². The summed E-state index contributed by atoms with van der Waals surface area (Å²) < 4.78 is 0. The Balaban J connectivity index is 2.56. The number of hydrogen-bond acceptors (Lipinski definition) is 5. The Morgan fingerprint density at radius 1 is 1.61 bits per heavy atom. The molecule has 1 rings (SSSR count). The molecular formula is C11H19N5O2. The van der Waals surface area contributed by atoms with Gasteiger partial charge in [-0.3, -0.25) is 15.0 Å². The third-order valence-corrected chi connectivity index (χ3v) is 2.88. The molecule has 1 aliphatic rings. The SMILES string of the molecule is CCNC(=O)NC(=O)C(C)N1CCNCC1C#N. The van der Waals surface area contributed by atoms with Gasteiger partial charge in [-0.25, -0.2) is 4.79 Å². The van der Waals surface area contributed by atoms with E-state index in [0.717, 1.165) is 6.54 Å². The van der Waals surface area contributed by atoms with E-state index in [1.807, 2.05) is 0 Å². The fourth-order valence-corrected chi connectivity index (χ4v) is 1.88. The summed E-state index contributed by atoms with van der Waals surface area (Å²) in [5.41, 5.74) is 0. The van der Waals surface area contributed by atoms with Crippen molar-refractivity contribution >= 4 is 11.9 Å². The molecule has 7 nitrogen and oxygen atoms in total. The highest BCUT2D eigenvalue weighted by molar-refractivity contribution is 5.96. The van der Waals surface area contributed by atoms with Crippen LogP contribution in [0, 0.1) is 11.3 Å². The quantitative estimate of drug-likeness (QED) is 0.600. The lowest BCUT2D eigenvalue weighted by Crippen LogP contribution is -2.58. The Morgan fingerprint density at radius 3 is 2.94 bits per heavy atom. The number of nitrogens with zero attached hydrogens (tertiary/aromatic N) is 2. The summed E-state index contributed by atoms with van der Waals surface area (Å²) in [5, 5.41) is 16.9. The van der Waals surface area contributed by atoms with Gasteiger partial charge in [0.15, 0.2) is 0 Å². The molecule has 1 saturated heterocycles. The van der Waals surface area contributed by atoms with Crippen molar-refractivity contribution in [2.45, 2.75) is 25.9 Å². The molecule has 0 bridgehead atoms. The number of hydrogen-bond donors (Lipinski definition) is 3. The molecule has 0 aromatic carbocycles. The van der Waals surface area contributed by atoms with Crippen LogP contribution >= 0.6 is 0 Å². The van der Waals surface area contributed by atoms with E-state index in [1.165, 1.54) is 0 Å². The Labute approximate surface area is 107 Å². The second-order valence-corrected chi connectivity index (χ2v) is 4.11. The van der Waals surface area contributed by atoms with Gasteiger partial charge in [-0.2, -0.15) is 5.26 Å². The van der Waals surface area contributed by atoms with Gasteiger partial charge in [-0.15, -0.1) is 0 Å². The van der Waals surface area contributed by atoms with E-state index < -0.39 is 12.1 Å². The maximum absolute atomic E-state index is 11.8. The second-order valence-electron chi connectivity index (χ2n) is 4.11. The van der Waals surface area contributed by atoms with E-state index in [1.54, 1.807) is 18.7 Å². The van der Waals surface area contributed by atoms with Gasteiger partial charge < -0.3 is 10.6 Å². The molecule has 3 amide bonds. The summed E-state index contributed by atoms with van der Waals surface area (Å²) >= 11 is 0. The number of piperazine rings is 1. The molecule has 0 aromatic rings. The summed E-state index contributed by atoms with van der Waals surface area (Å²) in [6.45, 7) is 5.82. The van der Waals surface area contributed by atoms with Crippen molar-refractivity contribution < 1.29 is 9.59 Å². The maximum atomic E-state index is 11.8. The predicted molar refractivity (Wildman–Crippen MR) is 65.7 cm³/mol. The lowest BCUT2D eigenvalue weighted by atomic mass is 10.1. The van der Waals surface area contributed by atoms with Gasteiger partial charge >= 0.3 is 6.03 Å². The van der Waals surface area contributed by atoms with Crippen molar-refractivity contribution in [3.63, 3.8) is 0 Å². The molecule has 1 heterocycles. The van der Waals surface area contributed by atoms with Crippen molar-refractivity contribution in [1.29, 1.82) is 5.26 Å². The van der Waals surface area contributed by atoms with E-state index in [9.17, 15) is 9.59 Å². The first-order chi connectivity index (χ1) is 8.60. The molecule has 0 radical (unpaired) electrons. The van der Waals surface area contributed by atoms with Crippen LogP contribution in [-0.2, 0) is 4.79 Å². The molecule has 0 saturated carbocycles. The second kappa shape index (κ2) is 6.93. The molecule has 0 aromatic heterocycles. The minimum absolute atomic E-state index is 0.339. The molecular weight excluding hydrogens is 234 g/mol. The van der Waals surface area contributed by atoms with Gasteiger partial charge in [0.2, 0.25) is 5.91 Å². The van der Waals surface area contributed by atoms with Gasteiger partial charge in [-0.1, -0.05) is 0 Å². The topological polar surface area (TPSA) is 97.3 Å². The summed E-state index contributed by atoms with van der Waals surface area (Å²) in [5.74, 6) is -0.386. The van der Waals surface area contributed by atoms with Crippen LogP contribution in [0.1, 0.15) is 13.8 Å². The first kappa shape index (κ1) is 14.4.